The van der Waals surface area contributed by atoms with Gasteiger partial charge in [0.05, 0.1) is 6.10 Å². The third kappa shape index (κ3) is 2.80. The summed E-state index contributed by atoms with van der Waals surface area (Å²) >= 11 is 0. The molecule has 0 saturated carbocycles. The number of nitrogens with one attached hydrogen (secondary N) is 1. The van der Waals surface area contributed by atoms with E-state index in [4.69, 9.17) is 0 Å². The average molecular weight is 167 g/mol. The average Bonchev–Trinajstić information content (AvgIpc) is 2.46. The summed E-state index contributed by atoms with van der Waals surface area (Å²) in [5, 5.41) is 12.6. The second-order valence-electron chi connectivity index (χ2n) is 3.23. The van der Waals surface area contributed by atoms with Crippen molar-refractivity contribution in [3.63, 3.8) is 0 Å². The van der Waals surface area contributed by atoms with Crippen LogP contribution in [0.1, 0.15) is 12.8 Å². The molecule has 68 valence electrons. The van der Waals surface area contributed by atoms with E-state index in [-0.39, 0.29) is 6.10 Å². The van der Waals surface area contributed by atoms with Crippen LogP contribution >= 0.6 is 0 Å². The van der Waals surface area contributed by atoms with Crippen LogP contribution in [0.5, 0.6) is 0 Å². The molecular weight excluding hydrogens is 150 g/mol. The van der Waals surface area contributed by atoms with Gasteiger partial charge in [0.25, 0.3) is 0 Å². The molecule has 1 rings (SSSR count). The molecule has 0 amide bonds. The van der Waals surface area contributed by atoms with Crippen molar-refractivity contribution in [2.24, 2.45) is 5.92 Å². The van der Waals surface area contributed by atoms with Crippen LogP contribution in [0.3, 0.4) is 0 Å². The number of hydrogen-bond acceptors (Lipinski definition) is 2. The van der Waals surface area contributed by atoms with Crippen molar-refractivity contribution >= 4 is 0 Å². The normalized spacial score (nSPS) is 29.8. The molecule has 0 unspecified atom stereocenters. The molecule has 0 spiro atoms. The van der Waals surface area contributed by atoms with E-state index >= 15 is 0 Å². The number of hydrogen-bond donors (Lipinski definition) is 2. The van der Waals surface area contributed by atoms with Crippen LogP contribution in [0.2, 0.25) is 0 Å². The lowest BCUT2D eigenvalue weighted by Crippen LogP contribution is -2.17. The number of aliphatic hydroxyl groups excluding tert-OH is 1. The summed E-state index contributed by atoms with van der Waals surface area (Å²) in [5.74, 6) is 0.444. The van der Waals surface area contributed by atoms with Crippen LogP contribution in [-0.4, -0.2) is 24.3 Å². The van der Waals surface area contributed by atoms with Gasteiger partial charge in [0.15, 0.2) is 0 Å². The van der Waals surface area contributed by atoms with E-state index < -0.39 is 0 Å². The van der Waals surface area contributed by atoms with E-state index in [1.807, 2.05) is 6.08 Å². The molecule has 0 radical (unpaired) electrons. The summed E-state index contributed by atoms with van der Waals surface area (Å²) in [5.41, 5.74) is 0. The van der Waals surface area contributed by atoms with Gasteiger partial charge in [-0.1, -0.05) is 24.8 Å². The summed E-state index contributed by atoms with van der Waals surface area (Å²) in [6, 6.07) is 0. The number of rotatable bonds is 4. The van der Waals surface area contributed by atoms with E-state index in [2.05, 4.69) is 18.0 Å². The van der Waals surface area contributed by atoms with Crippen molar-refractivity contribution in [2.45, 2.75) is 18.9 Å². The lowest BCUT2D eigenvalue weighted by atomic mass is 10.0. The highest BCUT2D eigenvalue weighted by atomic mass is 16.3. The first kappa shape index (κ1) is 9.49. The molecule has 0 aromatic heterocycles. The molecule has 1 fully saturated rings. The largest absolute Gasteiger partial charge is 0.391 e. The highest BCUT2D eigenvalue weighted by Crippen LogP contribution is 2.15. The maximum Gasteiger partial charge on any atom is 0.0704 e. The maximum absolute atomic E-state index is 9.44. The minimum absolute atomic E-state index is 0.137. The van der Waals surface area contributed by atoms with Gasteiger partial charge >= 0.3 is 0 Å². The van der Waals surface area contributed by atoms with Crippen LogP contribution < -0.4 is 5.32 Å². The molecule has 2 nitrogen and oxygen atoms in total. The Bertz CT molecular complexity index is 165. The molecule has 1 aliphatic rings. The predicted octanol–water partition coefficient (Wildman–Crippen LogP) is 1.09. The Morgan fingerprint density at radius 2 is 2.33 bits per heavy atom. The lowest BCUT2D eigenvalue weighted by molar-refractivity contribution is 0.143. The molecule has 0 aliphatic carbocycles. The van der Waals surface area contributed by atoms with Gasteiger partial charge in [-0.3, -0.25) is 0 Å². The molecule has 0 aromatic carbocycles. The van der Waals surface area contributed by atoms with E-state index in [0.717, 1.165) is 25.9 Å². The maximum atomic E-state index is 9.44. The molecular formula is C10H17NO. The fraction of sp³-hybridized carbons (Fsp3) is 0.600. The van der Waals surface area contributed by atoms with Crippen molar-refractivity contribution in [1.29, 1.82) is 0 Å². The van der Waals surface area contributed by atoms with Gasteiger partial charge in [0, 0.05) is 13.1 Å². The third-order valence-electron chi connectivity index (χ3n) is 2.28. The van der Waals surface area contributed by atoms with Crippen molar-refractivity contribution < 1.29 is 5.11 Å². The zero-order valence-corrected chi connectivity index (χ0v) is 7.37. The minimum atomic E-state index is -0.137. The van der Waals surface area contributed by atoms with Gasteiger partial charge in [0.2, 0.25) is 0 Å². The smallest absolute Gasteiger partial charge is 0.0704 e. The highest BCUT2D eigenvalue weighted by Gasteiger charge is 2.23. The molecule has 2 heteroatoms. The number of β-amino-alcohol motifs (C(OH)–C–C–N with tert-alkyl or cyclic N) is 1. The highest BCUT2D eigenvalue weighted by molar-refractivity contribution is 4.97. The predicted molar refractivity (Wildman–Crippen MR) is 50.9 cm³/mol. The Balaban J connectivity index is 2.13. The van der Waals surface area contributed by atoms with Crippen molar-refractivity contribution in [2.75, 3.05) is 13.1 Å². The van der Waals surface area contributed by atoms with Crippen LogP contribution in [0.15, 0.2) is 24.8 Å². The standard InChI is InChI=1S/C10H17NO/c1-2-3-4-5-6-9-7-11-8-10(9)12/h2-4,9-12H,1,5-8H2/b4-3+/t9-,10-/m1/s1. The van der Waals surface area contributed by atoms with Gasteiger partial charge in [-0.05, 0) is 18.8 Å². The minimum Gasteiger partial charge on any atom is -0.391 e. The van der Waals surface area contributed by atoms with Crippen molar-refractivity contribution in [3.05, 3.63) is 24.8 Å². The first-order chi connectivity index (χ1) is 5.84. The Morgan fingerprint density at radius 1 is 1.50 bits per heavy atom. The van der Waals surface area contributed by atoms with E-state index in [9.17, 15) is 5.11 Å². The fourth-order valence-electron chi connectivity index (χ4n) is 1.52. The van der Waals surface area contributed by atoms with Gasteiger partial charge in [0.1, 0.15) is 0 Å². The topological polar surface area (TPSA) is 32.3 Å². The summed E-state index contributed by atoms with van der Waals surface area (Å²) in [6.45, 7) is 5.32. The van der Waals surface area contributed by atoms with Gasteiger partial charge in [-0.15, -0.1) is 0 Å². The van der Waals surface area contributed by atoms with Crippen molar-refractivity contribution in [1.82, 2.24) is 5.32 Å². The second kappa shape index (κ2) is 5.12. The molecule has 1 saturated heterocycles. The summed E-state index contributed by atoms with van der Waals surface area (Å²) in [6.07, 6.45) is 7.80. The first-order valence-corrected chi connectivity index (χ1v) is 4.51. The first-order valence-electron chi connectivity index (χ1n) is 4.51. The van der Waals surface area contributed by atoms with Crippen molar-refractivity contribution in [3.8, 4) is 0 Å². The molecule has 0 bridgehead atoms. The molecule has 2 N–H and O–H groups in total. The Kier molecular flexibility index (Phi) is 4.05. The van der Waals surface area contributed by atoms with Gasteiger partial charge in [-0.25, -0.2) is 0 Å². The van der Waals surface area contributed by atoms with Crippen LogP contribution in [0, 0.1) is 5.92 Å². The lowest BCUT2D eigenvalue weighted by Gasteiger charge is -2.10. The third-order valence-corrected chi connectivity index (χ3v) is 2.28. The zero-order chi connectivity index (χ0) is 8.81. The van der Waals surface area contributed by atoms with Crippen LogP contribution in [-0.2, 0) is 0 Å². The quantitative estimate of drug-likeness (QED) is 0.614. The Hall–Kier alpha value is -0.600. The van der Waals surface area contributed by atoms with Crippen LogP contribution in [0.4, 0.5) is 0 Å². The molecule has 2 atom stereocenters. The molecule has 0 aromatic rings. The van der Waals surface area contributed by atoms with Gasteiger partial charge in [-0.2, -0.15) is 0 Å². The number of aliphatic hydroxyl groups is 1. The summed E-state index contributed by atoms with van der Waals surface area (Å²) in [7, 11) is 0. The Labute approximate surface area is 74.0 Å². The van der Waals surface area contributed by atoms with E-state index in [0.29, 0.717) is 5.92 Å². The van der Waals surface area contributed by atoms with E-state index in [1.165, 1.54) is 0 Å². The van der Waals surface area contributed by atoms with Gasteiger partial charge < -0.3 is 10.4 Å². The Morgan fingerprint density at radius 3 is 2.92 bits per heavy atom. The molecule has 12 heavy (non-hydrogen) atoms. The number of allylic oxidation sites excluding steroid dienone is 3. The zero-order valence-electron chi connectivity index (χ0n) is 7.37. The van der Waals surface area contributed by atoms with Crippen LogP contribution in [0.25, 0.3) is 0 Å². The monoisotopic (exact) mass is 167 g/mol. The molecule has 1 aliphatic heterocycles. The second-order valence-corrected chi connectivity index (χ2v) is 3.23. The molecule has 1 heterocycles. The summed E-state index contributed by atoms with van der Waals surface area (Å²) in [4.78, 5) is 0. The fourth-order valence-corrected chi connectivity index (χ4v) is 1.52. The van der Waals surface area contributed by atoms with E-state index in [1.54, 1.807) is 6.08 Å². The summed E-state index contributed by atoms with van der Waals surface area (Å²) < 4.78 is 0. The SMILES string of the molecule is C=C/C=C/CC[C@@H]1CNC[C@H]1O.